The molecule has 2 aromatic rings. The first-order chi connectivity index (χ1) is 13.3. The van der Waals surface area contributed by atoms with E-state index >= 15 is 0 Å². The quantitative estimate of drug-likeness (QED) is 0.670. The third-order valence-electron chi connectivity index (χ3n) is 4.39. The maximum atomic E-state index is 13.0. The fourth-order valence-corrected chi connectivity index (χ4v) is 2.95. The van der Waals surface area contributed by atoms with Crippen LogP contribution in [0.15, 0.2) is 48.5 Å². The van der Waals surface area contributed by atoms with Crippen molar-refractivity contribution < 1.29 is 9.59 Å². The van der Waals surface area contributed by atoms with Crippen LogP contribution in [0, 0.1) is 5.92 Å². The summed E-state index contributed by atoms with van der Waals surface area (Å²) in [6.07, 6.45) is 0.201. The van der Waals surface area contributed by atoms with Crippen LogP contribution in [0.1, 0.15) is 31.9 Å². The highest BCUT2D eigenvalue weighted by Gasteiger charge is 2.26. The van der Waals surface area contributed by atoms with Gasteiger partial charge in [0.1, 0.15) is 6.04 Å². The zero-order valence-corrected chi connectivity index (χ0v) is 17.9. The topological polar surface area (TPSA) is 49.4 Å². The van der Waals surface area contributed by atoms with Crippen LogP contribution in [0.3, 0.4) is 0 Å². The molecule has 0 aromatic heterocycles. The van der Waals surface area contributed by atoms with Gasteiger partial charge in [-0.3, -0.25) is 9.59 Å². The third-order valence-corrected chi connectivity index (χ3v) is 4.89. The molecule has 0 unspecified atom stereocenters. The number of halogens is 2. The second-order valence-electron chi connectivity index (χ2n) is 7.27. The molecule has 2 aromatic carbocycles. The number of nitrogens with one attached hydrogen (secondary N) is 1. The Balaban J connectivity index is 2.18. The van der Waals surface area contributed by atoms with Gasteiger partial charge in [0.05, 0.1) is 6.42 Å². The second kappa shape index (κ2) is 10.5. The molecule has 1 atom stereocenters. The Bertz CT molecular complexity index is 789. The Morgan fingerprint density at radius 3 is 1.89 bits per heavy atom. The van der Waals surface area contributed by atoms with Gasteiger partial charge in [-0.1, -0.05) is 61.3 Å². The summed E-state index contributed by atoms with van der Waals surface area (Å²) in [5.74, 6) is 0.0576. The Morgan fingerprint density at radius 1 is 0.893 bits per heavy atom. The summed E-state index contributed by atoms with van der Waals surface area (Å²) in [6, 6.07) is 13.9. The number of amides is 2. The molecule has 4 nitrogen and oxygen atoms in total. The molecule has 2 amide bonds. The first-order valence-corrected chi connectivity index (χ1v) is 10.1. The van der Waals surface area contributed by atoms with E-state index in [0.717, 1.165) is 11.1 Å². The molecule has 0 radical (unpaired) electrons. The number of benzene rings is 2. The van der Waals surface area contributed by atoms with Crippen molar-refractivity contribution in [2.45, 2.75) is 39.8 Å². The lowest BCUT2D eigenvalue weighted by atomic mass is 10.1. The van der Waals surface area contributed by atoms with E-state index in [2.05, 4.69) is 5.32 Å². The van der Waals surface area contributed by atoms with Gasteiger partial charge in [-0.15, -0.1) is 0 Å². The lowest BCUT2D eigenvalue weighted by Gasteiger charge is -2.29. The van der Waals surface area contributed by atoms with Crippen molar-refractivity contribution in [3.05, 3.63) is 69.7 Å². The molecule has 1 N–H and O–H groups in total. The van der Waals surface area contributed by atoms with E-state index in [1.165, 1.54) is 0 Å². The maximum absolute atomic E-state index is 13.0. The van der Waals surface area contributed by atoms with Gasteiger partial charge < -0.3 is 10.2 Å². The van der Waals surface area contributed by atoms with Crippen LogP contribution in [-0.2, 0) is 22.6 Å². The number of hydrogen-bond acceptors (Lipinski definition) is 2. The summed E-state index contributed by atoms with van der Waals surface area (Å²) in [6.45, 7) is 6.72. The molecule has 28 heavy (non-hydrogen) atoms. The molecule has 0 bridgehead atoms. The first-order valence-electron chi connectivity index (χ1n) is 9.32. The molecule has 0 saturated heterocycles. The zero-order chi connectivity index (χ0) is 20.7. The Morgan fingerprint density at radius 2 is 1.39 bits per heavy atom. The summed E-state index contributed by atoms with van der Waals surface area (Å²) in [7, 11) is 0. The highest BCUT2D eigenvalue weighted by Crippen LogP contribution is 2.16. The smallest absolute Gasteiger partial charge is 0.242 e. The van der Waals surface area contributed by atoms with E-state index in [-0.39, 0.29) is 18.2 Å². The third kappa shape index (κ3) is 6.84. The predicted octanol–water partition coefficient (Wildman–Crippen LogP) is 4.73. The lowest BCUT2D eigenvalue weighted by Crippen LogP contribution is -2.48. The van der Waals surface area contributed by atoms with E-state index in [9.17, 15) is 9.59 Å². The number of nitrogens with zero attached hydrogens (tertiary/aromatic N) is 1. The Labute approximate surface area is 176 Å². The minimum atomic E-state index is -0.589. The van der Waals surface area contributed by atoms with Gasteiger partial charge in [0.2, 0.25) is 11.8 Å². The monoisotopic (exact) mass is 420 g/mol. The Kier molecular flexibility index (Phi) is 8.34. The van der Waals surface area contributed by atoms with Crippen LogP contribution in [0.4, 0.5) is 0 Å². The van der Waals surface area contributed by atoms with Crippen LogP contribution < -0.4 is 5.32 Å². The van der Waals surface area contributed by atoms with Gasteiger partial charge in [-0.2, -0.15) is 0 Å². The van der Waals surface area contributed by atoms with E-state index in [1.807, 2.05) is 38.1 Å². The average Bonchev–Trinajstić information content (AvgIpc) is 2.66. The minimum Gasteiger partial charge on any atom is -0.354 e. The van der Waals surface area contributed by atoms with Crippen molar-refractivity contribution in [1.82, 2.24) is 10.2 Å². The fraction of sp³-hybridized carbons (Fsp3) is 0.364. The zero-order valence-electron chi connectivity index (χ0n) is 16.4. The van der Waals surface area contributed by atoms with Crippen LogP contribution in [-0.4, -0.2) is 29.3 Å². The van der Waals surface area contributed by atoms with Crippen LogP contribution in [0.25, 0.3) is 0 Å². The molecule has 0 aliphatic carbocycles. The van der Waals surface area contributed by atoms with E-state index in [1.54, 1.807) is 36.1 Å². The van der Waals surface area contributed by atoms with Crippen LogP contribution in [0.5, 0.6) is 0 Å². The second-order valence-corrected chi connectivity index (χ2v) is 8.14. The van der Waals surface area contributed by atoms with Crippen molar-refractivity contribution in [3.63, 3.8) is 0 Å². The van der Waals surface area contributed by atoms with Crippen molar-refractivity contribution in [1.29, 1.82) is 0 Å². The number of carbonyl (C=O) groups is 2. The fourth-order valence-electron chi connectivity index (χ4n) is 2.70. The van der Waals surface area contributed by atoms with Gasteiger partial charge in [-0.25, -0.2) is 0 Å². The first kappa shape index (κ1) is 22.3. The van der Waals surface area contributed by atoms with Crippen molar-refractivity contribution in [3.8, 4) is 0 Å². The number of hydrogen-bond donors (Lipinski definition) is 1. The molecule has 0 aliphatic heterocycles. The molecular weight excluding hydrogens is 395 g/mol. The summed E-state index contributed by atoms with van der Waals surface area (Å²) >= 11 is 11.9. The molecular formula is C22H26Cl2N2O2. The van der Waals surface area contributed by atoms with Crippen molar-refractivity contribution in [2.24, 2.45) is 5.92 Å². The highest BCUT2D eigenvalue weighted by atomic mass is 35.5. The molecule has 0 aliphatic rings. The standard InChI is InChI=1S/C22H26Cl2N2O2/c1-15(2)13-25-22(28)16(3)26(14-18-6-10-20(24)11-7-18)21(27)12-17-4-8-19(23)9-5-17/h4-11,15-16H,12-14H2,1-3H3,(H,25,28)/t16-/m1/s1. The SMILES string of the molecule is CC(C)CNC(=O)[C@@H](C)N(Cc1ccc(Cl)cc1)C(=O)Cc1ccc(Cl)cc1. The molecule has 0 heterocycles. The summed E-state index contributed by atoms with van der Waals surface area (Å²) in [5, 5.41) is 4.16. The number of carbonyl (C=O) groups excluding carboxylic acids is 2. The van der Waals surface area contributed by atoms with E-state index in [4.69, 9.17) is 23.2 Å². The average molecular weight is 421 g/mol. The summed E-state index contributed by atoms with van der Waals surface area (Å²) in [5.41, 5.74) is 1.77. The van der Waals surface area contributed by atoms with Gasteiger partial charge in [0.15, 0.2) is 0 Å². The molecule has 0 saturated carbocycles. The van der Waals surface area contributed by atoms with Crippen molar-refractivity contribution >= 4 is 35.0 Å². The minimum absolute atomic E-state index is 0.121. The number of rotatable bonds is 8. The lowest BCUT2D eigenvalue weighted by molar-refractivity contribution is -0.140. The van der Waals surface area contributed by atoms with Gasteiger partial charge in [0, 0.05) is 23.1 Å². The van der Waals surface area contributed by atoms with E-state index < -0.39 is 6.04 Å². The summed E-state index contributed by atoms with van der Waals surface area (Å²) in [4.78, 5) is 27.2. The van der Waals surface area contributed by atoms with Gasteiger partial charge >= 0.3 is 0 Å². The van der Waals surface area contributed by atoms with E-state index in [0.29, 0.717) is 29.1 Å². The molecule has 2 rings (SSSR count). The van der Waals surface area contributed by atoms with Crippen molar-refractivity contribution in [2.75, 3.05) is 6.54 Å². The van der Waals surface area contributed by atoms with Crippen LogP contribution >= 0.6 is 23.2 Å². The van der Waals surface area contributed by atoms with Gasteiger partial charge in [-0.05, 0) is 48.2 Å². The Hall–Kier alpha value is -2.04. The van der Waals surface area contributed by atoms with Crippen LogP contribution in [0.2, 0.25) is 10.0 Å². The highest BCUT2D eigenvalue weighted by molar-refractivity contribution is 6.30. The van der Waals surface area contributed by atoms with Gasteiger partial charge in [0.25, 0.3) is 0 Å². The maximum Gasteiger partial charge on any atom is 0.242 e. The normalized spacial score (nSPS) is 11.9. The summed E-state index contributed by atoms with van der Waals surface area (Å²) < 4.78 is 0. The predicted molar refractivity (Wildman–Crippen MR) is 114 cm³/mol. The molecule has 0 spiro atoms. The molecule has 150 valence electrons. The molecule has 0 fully saturated rings. The largest absolute Gasteiger partial charge is 0.354 e. The molecule has 6 heteroatoms.